The van der Waals surface area contributed by atoms with Gasteiger partial charge in [-0.25, -0.2) is 13.6 Å². The van der Waals surface area contributed by atoms with Crippen molar-refractivity contribution in [2.75, 3.05) is 5.32 Å². The van der Waals surface area contributed by atoms with Crippen LogP contribution in [0.15, 0.2) is 48.5 Å². The molecule has 0 aromatic heterocycles. The molecule has 2 N–H and O–H groups in total. The van der Waals surface area contributed by atoms with Crippen molar-refractivity contribution in [3.8, 4) is 5.75 Å². The summed E-state index contributed by atoms with van der Waals surface area (Å²) in [6.45, 7) is 0. The summed E-state index contributed by atoms with van der Waals surface area (Å²) < 4.78 is 31.8. The zero-order chi connectivity index (χ0) is 17.6. The van der Waals surface area contributed by atoms with Crippen molar-refractivity contribution >= 4 is 11.7 Å². The maximum Gasteiger partial charge on any atom is 0.319 e. The van der Waals surface area contributed by atoms with Crippen molar-refractivity contribution in [1.82, 2.24) is 5.32 Å². The molecule has 0 radical (unpaired) electrons. The third-order valence-electron chi connectivity index (χ3n) is 4.21. The highest BCUT2D eigenvalue weighted by Crippen LogP contribution is 2.24. The van der Waals surface area contributed by atoms with Crippen LogP contribution in [0.5, 0.6) is 5.75 Å². The van der Waals surface area contributed by atoms with Gasteiger partial charge in [0.25, 0.3) is 0 Å². The van der Waals surface area contributed by atoms with Crippen LogP contribution in [0.2, 0.25) is 0 Å². The van der Waals surface area contributed by atoms with E-state index in [2.05, 4.69) is 10.6 Å². The van der Waals surface area contributed by atoms with Crippen LogP contribution >= 0.6 is 0 Å². The molecule has 1 fully saturated rings. The Kier molecular flexibility index (Phi) is 5.48. The molecule has 0 atom stereocenters. The second kappa shape index (κ2) is 7.96. The van der Waals surface area contributed by atoms with Crippen LogP contribution in [0.1, 0.15) is 25.7 Å². The van der Waals surface area contributed by atoms with E-state index in [0.29, 0.717) is 11.4 Å². The number of ether oxygens (including phenoxy) is 1. The number of anilines is 1. The highest BCUT2D eigenvalue weighted by atomic mass is 19.1. The van der Waals surface area contributed by atoms with E-state index in [1.54, 1.807) is 24.3 Å². The minimum atomic E-state index is -0.392. The maximum atomic E-state index is 13.1. The second-order valence-electron chi connectivity index (χ2n) is 6.15. The minimum Gasteiger partial charge on any atom is -0.490 e. The molecule has 0 aliphatic heterocycles. The van der Waals surface area contributed by atoms with Crippen molar-refractivity contribution in [2.45, 2.75) is 37.8 Å². The third kappa shape index (κ3) is 5.17. The summed E-state index contributed by atoms with van der Waals surface area (Å²) >= 11 is 0. The third-order valence-corrected chi connectivity index (χ3v) is 4.21. The summed E-state index contributed by atoms with van der Waals surface area (Å²) in [6, 6.07) is 11.5. The van der Waals surface area contributed by atoms with Crippen molar-refractivity contribution in [2.24, 2.45) is 0 Å². The average Bonchev–Trinajstić information content (AvgIpc) is 2.59. The standard InChI is InChI=1S/C19H20F2N2O2/c20-13-4-8-17(9-5-13)25-18-10-6-15(7-11-18)22-19(24)23-16-3-1-2-14(21)12-16/h1-5,8-9,12,15,18H,6-7,10-11H2,(H2,22,23,24). The van der Waals surface area contributed by atoms with Crippen molar-refractivity contribution in [3.63, 3.8) is 0 Å². The molecule has 132 valence electrons. The molecule has 2 aromatic carbocycles. The van der Waals surface area contributed by atoms with Crippen molar-refractivity contribution in [3.05, 3.63) is 60.2 Å². The van der Waals surface area contributed by atoms with Gasteiger partial charge in [0.2, 0.25) is 0 Å². The Labute approximate surface area is 145 Å². The van der Waals surface area contributed by atoms with Gasteiger partial charge >= 0.3 is 6.03 Å². The van der Waals surface area contributed by atoms with Crippen LogP contribution in [-0.2, 0) is 0 Å². The summed E-state index contributed by atoms with van der Waals surface area (Å²) in [5, 5.41) is 5.53. The van der Waals surface area contributed by atoms with Gasteiger partial charge in [-0.3, -0.25) is 0 Å². The first-order valence-electron chi connectivity index (χ1n) is 8.34. The van der Waals surface area contributed by atoms with Gasteiger partial charge in [0, 0.05) is 11.7 Å². The molecule has 2 aromatic rings. The lowest BCUT2D eigenvalue weighted by molar-refractivity contribution is 0.141. The summed E-state index contributed by atoms with van der Waals surface area (Å²) in [6.07, 6.45) is 3.27. The molecule has 0 saturated heterocycles. The first kappa shape index (κ1) is 17.2. The normalized spacial score (nSPS) is 19.9. The highest BCUT2D eigenvalue weighted by Gasteiger charge is 2.23. The Morgan fingerprint density at radius 3 is 2.36 bits per heavy atom. The van der Waals surface area contributed by atoms with E-state index in [1.165, 1.54) is 24.3 Å². The zero-order valence-corrected chi connectivity index (χ0v) is 13.7. The van der Waals surface area contributed by atoms with E-state index in [0.717, 1.165) is 25.7 Å². The lowest BCUT2D eigenvalue weighted by Gasteiger charge is -2.29. The predicted molar refractivity (Wildman–Crippen MR) is 91.6 cm³/mol. The average molecular weight is 346 g/mol. The lowest BCUT2D eigenvalue weighted by atomic mass is 9.93. The Bertz CT molecular complexity index is 714. The second-order valence-corrected chi connectivity index (χ2v) is 6.15. The van der Waals surface area contributed by atoms with E-state index in [4.69, 9.17) is 4.74 Å². The van der Waals surface area contributed by atoms with Crippen LogP contribution in [0, 0.1) is 11.6 Å². The maximum absolute atomic E-state index is 13.1. The lowest BCUT2D eigenvalue weighted by Crippen LogP contribution is -2.41. The van der Waals surface area contributed by atoms with Gasteiger partial charge in [0.1, 0.15) is 17.4 Å². The monoisotopic (exact) mass is 346 g/mol. The molecule has 2 amide bonds. The summed E-state index contributed by atoms with van der Waals surface area (Å²) in [5.74, 6) is -0.0255. The molecule has 1 aliphatic carbocycles. The molecule has 6 heteroatoms. The fourth-order valence-electron chi connectivity index (χ4n) is 2.95. The van der Waals surface area contributed by atoms with E-state index in [-0.39, 0.29) is 24.0 Å². The molecule has 0 heterocycles. The van der Waals surface area contributed by atoms with Gasteiger partial charge in [-0.05, 0) is 68.1 Å². The van der Waals surface area contributed by atoms with Crippen LogP contribution in [-0.4, -0.2) is 18.2 Å². The topological polar surface area (TPSA) is 50.4 Å². The number of hydrogen-bond donors (Lipinski definition) is 2. The van der Waals surface area contributed by atoms with E-state index in [1.807, 2.05) is 0 Å². The molecule has 1 aliphatic rings. The summed E-state index contributed by atoms with van der Waals surface area (Å²) in [7, 11) is 0. The highest BCUT2D eigenvalue weighted by molar-refractivity contribution is 5.89. The van der Waals surface area contributed by atoms with Crippen LogP contribution < -0.4 is 15.4 Å². The molecule has 0 spiro atoms. The van der Waals surface area contributed by atoms with E-state index >= 15 is 0 Å². The SMILES string of the molecule is O=C(Nc1cccc(F)c1)NC1CCC(Oc2ccc(F)cc2)CC1. The fraction of sp³-hybridized carbons (Fsp3) is 0.316. The first-order valence-corrected chi connectivity index (χ1v) is 8.34. The van der Waals surface area contributed by atoms with Crippen molar-refractivity contribution in [1.29, 1.82) is 0 Å². The number of nitrogens with one attached hydrogen (secondary N) is 2. The number of urea groups is 1. The van der Waals surface area contributed by atoms with Crippen LogP contribution in [0.4, 0.5) is 19.3 Å². The predicted octanol–water partition coefficient (Wildman–Crippen LogP) is 4.48. The molecule has 1 saturated carbocycles. The zero-order valence-electron chi connectivity index (χ0n) is 13.7. The van der Waals surface area contributed by atoms with E-state index in [9.17, 15) is 13.6 Å². The Morgan fingerprint density at radius 1 is 0.960 bits per heavy atom. The molecule has 4 nitrogen and oxygen atoms in total. The molecule has 0 unspecified atom stereocenters. The Balaban J connectivity index is 1.42. The molecular formula is C19H20F2N2O2. The molecule has 0 bridgehead atoms. The largest absolute Gasteiger partial charge is 0.490 e. The van der Waals surface area contributed by atoms with Crippen LogP contribution in [0.25, 0.3) is 0 Å². The minimum absolute atomic E-state index is 0.0571. The number of carbonyl (C=O) groups is 1. The Hall–Kier alpha value is -2.63. The molecular weight excluding hydrogens is 326 g/mol. The van der Waals surface area contributed by atoms with Crippen LogP contribution in [0.3, 0.4) is 0 Å². The number of halogens is 2. The van der Waals surface area contributed by atoms with Gasteiger partial charge in [-0.2, -0.15) is 0 Å². The summed E-state index contributed by atoms with van der Waals surface area (Å²) in [4.78, 5) is 12.0. The number of hydrogen-bond acceptors (Lipinski definition) is 2. The van der Waals surface area contributed by atoms with Gasteiger partial charge in [0.15, 0.2) is 0 Å². The summed E-state index contributed by atoms with van der Waals surface area (Å²) in [5.41, 5.74) is 0.422. The number of amides is 2. The van der Waals surface area contributed by atoms with Gasteiger partial charge < -0.3 is 15.4 Å². The fourth-order valence-corrected chi connectivity index (χ4v) is 2.95. The first-order chi connectivity index (χ1) is 12.1. The number of rotatable bonds is 4. The molecule has 25 heavy (non-hydrogen) atoms. The van der Waals surface area contributed by atoms with Crippen molar-refractivity contribution < 1.29 is 18.3 Å². The van der Waals surface area contributed by atoms with E-state index < -0.39 is 5.82 Å². The van der Waals surface area contributed by atoms with Gasteiger partial charge in [-0.1, -0.05) is 6.07 Å². The smallest absolute Gasteiger partial charge is 0.319 e. The quantitative estimate of drug-likeness (QED) is 0.858. The number of carbonyl (C=O) groups excluding carboxylic acids is 1. The van der Waals surface area contributed by atoms with Gasteiger partial charge in [0.05, 0.1) is 6.10 Å². The Morgan fingerprint density at radius 2 is 1.68 bits per heavy atom. The number of benzene rings is 2. The molecule has 3 rings (SSSR count). The van der Waals surface area contributed by atoms with Gasteiger partial charge in [-0.15, -0.1) is 0 Å².